The van der Waals surface area contributed by atoms with E-state index >= 15 is 0 Å². The molecule has 0 amide bonds. The van der Waals surface area contributed by atoms with Gasteiger partial charge in [-0.05, 0) is 6.08 Å². The van der Waals surface area contributed by atoms with Crippen LogP contribution in [0.3, 0.4) is 0 Å². The highest BCUT2D eigenvalue weighted by atomic mass is 28.3. The zero-order valence-electron chi connectivity index (χ0n) is 3.07. The van der Waals surface area contributed by atoms with Crippen molar-refractivity contribution in [2.75, 3.05) is 0 Å². The van der Waals surface area contributed by atoms with Gasteiger partial charge in [0.2, 0.25) is 0 Å². The molecule has 0 unspecified atom stereocenters. The molecule has 0 fully saturated rings. The average molecular weight is 102 g/mol. The molecule has 0 aromatic carbocycles. The summed E-state index contributed by atoms with van der Waals surface area (Å²) in [6.45, 7) is 3.05. The first kappa shape index (κ1) is 5.56. The van der Waals surface area contributed by atoms with Crippen molar-refractivity contribution in [3.05, 3.63) is 12.7 Å². The fraction of sp³-hybridized carbons (Fsp3) is 0. The number of allylic oxidation sites excluding steroid dienone is 1. The van der Waals surface area contributed by atoms with E-state index in [4.69, 9.17) is 0 Å². The molecule has 3 heteroatoms. The summed E-state index contributed by atoms with van der Waals surface area (Å²) < 4.78 is 11.0. The van der Waals surface area contributed by atoms with E-state index in [2.05, 4.69) is 6.58 Å². The Balaban J connectivity index is 3.23. The van der Waals surface area contributed by atoms with Gasteiger partial charge in [0.05, 0.1) is 0 Å². The third kappa shape index (κ3) is 1.84. The van der Waals surface area contributed by atoms with Crippen LogP contribution in [0.25, 0.3) is 0 Å². The molecular formula is C3H3FOSi. The second-order valence-corrected chi connectivity index (χ2v) is 1.34. The molecule has 0 N–H and O–H groups in total. The van der Waals surface area contributed by atoms with Gasteiger partial charge in [-0.25, -0.2) is 0 Å². The predicted octanol–water partition coefficient (Wildman–Crippen LogP) is 0.288. The van der Waals surface area contributed by atoms with Gasteiger partial charge in [0.1, 0.15) is 0 Å². The van der Waals surface area contributed by atoms with E-state index in [1.165, 1.54) is 0 Å². The van der Waals surface area contributed by atoms with Crippen LogP contribution in [0, 0.1) is 0 Å². The molecule has 32 valence electrons. The molecule has 0 aliphatic rings. The molecule has 1 nitrogen and oxygen atoms in total. The van der Waals surface area contributed by atoms with Gasteiger partial charge in [0.15, 0.2) is 5.41 Å². The molecule has 0 saturated heterocycles. The number of rotatable bonds is 2. The highest BCUT2D eigenvalue weighted by molar-refractivity contribution is 6.71. The van der Waals surface area contributed by atoms with E-state index in [1.807, 2.05) is 0 Å². The SMILES string of the molecule is C=CC(=O)[Si]F. The van der Waals surface area contributed by atoms with Crippen LogP contribution in [0.2, 0.25) is 0 Å². The first-order valence-electron chi connectivity index (χ1n) is 1.34. The van der Waals surface area contributed by atoms with E-state index < -0.39 is 15.3 Å². The Morgan fingerprint density at radius 1 is 2.00 bits per heavy atom. The minimum Gasteiger partial charge on any atom is -0.304 e. The summed E-state index contributed by atoms with van der Waals surface area (Å²) in [6.07, 6.45) is 0.971. The lowest BCUT2D eigenvalue weighted by atomic mass is 10.7. The Labute approximate surface area is 37.9 Å². The van der Waals surface area contributed by atoms with Crippen LogP contribution in [0.4, 0.5) is 4.11 Å². The number of carbonyl (C=O) groups excluding carboxylic acids is 1. The summed E-state index contributed by atoms with van der Waals surface area (Å²) in [6, 6.07) is 0. The van der Waals surface area contributed by atoms with Crippen LogP contribution in [0.1, 0.15) is 0 Å². The van der Waals surface area contributed by atoms with E-state index in [1.54, 1.807) is 0 Å². The maximum absolute atomic E-state index is 11.0. The van der Waals surface area contributed by atoms with Gasteiger partial charge in [-0.1, -0.05) is 6.58 Å². The molecule has 0 aliphatic heterocycles. The van der Waals surface area contributed by atoms with Crippen molar-refractivity contribution in [1.82, 2.24) is 0 Å². The van der Waals surface area contributed by atoms with Crippen molar-refractivity contribution in [2.45, 2.75) is 0 Å². The monoisotopic (exact) mass is 102 g/mol. The average Bonchev–Trinajstić information content (AvgIpc) is 1.65. The van der Waals surface area contributed by atoms with Crippen LogP contribution in [-0.2, 0) is 4.79 Å². The summed E-state index contributed by atoms with van der Waals surface area (Å²) in [5.74, 6) is 0. The number of hydrogen-bond acceptors (Lipinski definition) is 1. The Morgan fingerprint density at radius 3 is 2.50 bits per heavy atom. The van der Waals surface area contributed by atoms with E-state index in [9.17, 15) is 8.90 Å². The van der Waals surface area contributed by atoms with Gasteiger partial charge in [-0.3, -0.25) is 4.79 Å². The molecule has 0 aromatic rings. The predicted molar refractivity (Wildman–Crippen MR) is 22.1 cm³/mol. The Kier molecular flexibility index (Phi) is 2.57. The summed E-state index contributed by atoms with van der Waals surface area (Å²) in [5.41, 5.74) is 0. The number of carbonyl (C=O) groups is 1. The first-order valence-corrected chi connectivity index (χ1v) is 2.22. The fourth-order valence-corrected chi connectivity index (χ4v) is 0.116. The van der Waals surface area contributed by atoms with Crippen LogP contribution in [-0.4, -0.2) is 15.3 Å². The molecule has 2 radical (unpaired) electrons. The van der Waals surface area contributed by atoms with E-state index in [0.29, 0.717) is 0 Å². The zero-order valence-corrected chi connectivity index (χ0v) is 4.07. The molecule has 0 bridgehead atoms. The van der Waals surface area contributed by atoms with Crippen molar-refractivity contribution in [1.29, 1.82) is 0 Å². The normalized spacial score (nSPS) is 7.50. The lowest BCUT2D eigenvalue weighted by Gasteiger charge is -1.68. The van der Waals surface area contributed by atoms with Crippen LogP contribution in [0.5, 0.6) is 0 Å². The molecular weight excluding hydrogens is 99.1 g/mol. The second kappa shape index (κ2) is 2.78. The smallest absolute Gasteiger partial charge is 0.304 e. The molecule has 0 atom stereocenters. The van der Waals surface area contributed by atoms with Gasteiger partial charge in [0.25, 0.3) is 0 Å². The maximum Gasteiger partial charge on any atom is 0.383 e. The Hall–Kier alpha value is -0.443. The third-order valence-electron chi connectivity index (χ3n) is 0.279. The molecule has 0 heterocycles. The first-order chi connectivity index (χ1) is 2.81. The van der Waals surface area contributed by atoms with Crippen molar-refractivity contribution < 1.29 is 8.90 Å². The topological polar surface area (TPSA) is 17.1 Å². The van der Waals surface area contributed by atoms with Gasteiger partial charge in [0, 0.05) is 0 Å². The van der Waals surface area contributed by atoms with Crippen molar-refractivity contribution in [2.24, 2.45) is 0 Å². The van der Waals surface area contributed by atoms with Gasteiger partial charge in [-0.15, -0.1) is 0 Å². The minimum atomic E-state index is -1.13. The van der Waals surface area contributed by atoms with Gasteiger partial charge < -0.3 is 4.11 Å². The maximum atomic E-state index is 11.0. The van der Waals surface area contributed by atoms with Crippen molar-refractivity contribution in [3.8, 4) is 0 Å². The van der Waals surface area contributed by atoms with Crippen molar-refractivity contribution in [3.63, 3.8) is 0 Å². The minimum absolute atomic E-state index is 0.532. The zero-order chi connectivity index (χ0) is 4.99. The van der Waals surface area contributed by atoms with Crippen molar-refractivity contribution >= 4 is 15.3 Å². The lowest BCUT2D eigenvalue weighted by Crippen LogP contribution is -1.95. The largest absolute Gasteiger partial charge is 0.383 e. The lowest BCUT2D eigenvalue weighted by molar-refractivity contribution is -0.108. The summed E-state index contributed by atoms with van der Waals surface area (Å²) in [4.78, 5) is 9.70. The molecule has 0 aromatic heterocycles. The van der Waals surface area contributed by atoms with Crippen LogP contribution >= 0.6 is 0 Å². The summed E-state index contributed by atoms with van der Waals surface area (Å²) in [5, 5.41) is -0.532. The van der Waals surface area contributed by atoms with Gasteiger partial charge >= 0.3 is 9.85 Å². The second-order valence-electron chi connectivity index (χ2n) is 0.663. The standard InChI is InChI=1S/C3H3FOSi/c1-2-3(5)6-4/h2H,1H2. The third-order valence-corrected chi connectivity index (χ3v) is 0.669. The molecule has 0 rings (SSSR count). The summed E-state index contributed by atoms with van der Waals surface area (Å²) in [7, 11) is -1.13. The highest BCUT2D eigenvalue weighted by Gasteiger charge is 1.92. The van der Waals surface area contributed by atoms with Crippen LogP contribution in [0.15, 0.2) is 12.7 Å². The van der Waals surface area contributed by atoms with Gasteiger partial charge in [-0.2, -0.15) is 0 Å². The fourth-order valence-electron chi connectivity index (χ4n) is 0.0386. The Morgan fingerprint density at radius 2 is 2.50 bits per heavy atom. The van der Waals surface area contributed by atoms with Crippen LogP contribution < -0.4 is 0 Å². The molecule has 0 aliphatic carbocycles. The highest BCUT2D eigenvalue weighted by Crippen LogP contribution is 1.66. The summed E-state index contributed by atoms with van der Waals surface area (Å²) >= 11 is 0. The molecule has 0 saturated carbocycles. The van der Waals surface area contributed by atoms with E-state index in [-0.39, 0.29) is 0 Å². The quantitative estimate of drug-likeness (QED) is 0.278. The number of hydrogen-bond donors (Lipinski definition) is 0. The van der Waals surface area contributed by atoms with E-state index in [0.717, 1.165) is 6.08 Å². The Bertz CT molecular complexity index is 71.2. The molecule has 0 spiro atoms. The molecule has 6 heavy (non-hydrogen) atoms. The number of halogens is 1.